The second-order valence-corrected chi connectivity index (χ2v) is 7.74. The number of rotatable bonds is 5. The number of benzene rings is 2. The predicted molar refractivity (Wildman–Crippen MR) is 114 cm³/mol. The van der Waals surface area contributed by atoms with E-state index in [0.29, 0.717) is 5.69 Å². The molecule has 1 heterocycles. The quantitative estimate of drug-likeness (QED) is 0.645. The fourth-order valence-corrected chi connectivity index (χ4v) is 3.96. The SMILES string of the molecule is COc1ccc(C(C)N(C)C(=O)c2nn(-c3ccc(C)cc3)c3c2CCC3)cc1. The van der Waals surface area contributed by atoms with Crippen LogP contribution in [0.1, 0.15) is 52.3 Å². The largest absolute Gasteiger partial charge is 0.497 e. The van der Waals surface area contributed by atoms with Crippen molar-refractivity contribution in [2.24, 2.45) is 0 Å². The Morgan fingerprint density at radius 3 is 2.45 bits per heavy atom. The monoisotopic (exact) mass is 389 g/mol. The maximum Gasteiger partial charge on any atom is 0.274 e. The first kappa shape index (κ1) is 19.2. The molecule has 0 radical (unpaired) electrons. The number of aryl methyl sites for hydroxylation is 1. The Labute approximate surface area is 171 Å². The van der Waals surface area contributed by atoms with Gasteiger partial charge < -0.3 is 9.64 Å². The summed E-state index contributed by atoms with van der Waals surface area (Å²) >= 11 is 0. The predicted octanol–water partition coefficient (Wildman–Crippen LogP) is 4.51. The highest BCUT2D eigenvalue weighted by Gasteiger charge is 2.30. The molecule has 4 rings (SSSR count). The summed E-state index contributed by atoms with van der Waals surface area (Å²) in [6.07, 6.45) is 2.94. The van der Waals surface area contributed by atoms with Crippen LogP contribution in [0.4, 0.5) is 0 Å². The van der Waals surface area contributed by atoms with E-state index in [-0.39, 0.29) is 11.9 Å². The maximum absolute atomic E-state index is 13.4. The van der Waals surface area contributed by atoms with Crippen LogP contribution in [0, 0.1) is 6.92 Å². The number of methoxy groups -OCH3 is 1. The van der Waals surface area contributed by atoms with E-state index >= 15 is 0 Å². The van der Waals surface area contributed by atoms with Crippen LogP contribution in [-0.4, -0.2) is 34.7 Å². The molecule has 150 valence electrons. The highest BCUT2D eigenvalue weighted by atomic mass is 16.5. The number of amides is 1. The molecule has 29 heavy (non-hydrogen) atoms. The number of hydrogen-bond donors (Lipinski definition) is 0. The van der Waals surface area contributed by atoms with Crippen LogP contribution >= 0.6 is 0 Å². The Bertz CT molecular complexity index is 1020. The zero-order valence-electron chi connectivity index (χ0n) is 17.5. The number of carbonyl (C=O) groups is 1. The van der Waals surface area contributed by atoms with E-state index in [4.69, 9.17) is 9.84 Å². The molecule has 0 saturated carbocycles. The zero-order valence-corrected chi connectivity index (χ0v) is 17.5. The van der Waals surface area contributed by atoms with E-state index in [1.54, 1.807) is 12.0 Å². The number of carbonyl (C=O) groups excluding carboxylic acids is 1. The molecule has 0 spiro atoms. The first-order valence-corrected chi connectivity index (χ1v) is 10.1. The van der Waals surface area contributed by atoms with Gasteiger partial charge in [0.15, 0.2) is 5.69 Å². The van der Waals surface area contributed by atoms with Gasteiger partial charge in [0.2, 0.25) is 0 Å². The Hall–Kier alpha value is -3.08. The first-order valence-electron chi connectivity index (χ1n) is 10.1. The minimum Gasteiger partial charge on any atom is -0.497 e. The van der Waals surface area contributed by atoms with Gasteiger partial charge in [-0.2, -0.15) is 5.10 Å². The fourth-order valence-electron chi connectivity index (χ4n) is 3.96. The topological polar surface area (TPSA) is 47.4 Å². The fraction of sp³-hybridized carbons (Fsp3) is 0.333. The van der Waals surface area contributed by atoms with Crippen molar-refractivity contribution in [3.63, 3.8) is 0 Å². The Morgan fingerprint density at radius 1 is 1.10 bits per heavy atom. The van der Waals surface area contributed by atoms with Gasteiger partial charge in [-0.3, -0.25) is 4.79 Å². The third-order valence-corrected chi connectivity index (χ3v) is 5.91. The number of fused-ring (bicyclic) bond motifs is 1. The molecule has 5 heteroatoms. The minimum absolute atomic E-state index is 0.0303. The van der Waals surface area contributed by atoms with Crippen molar-refractivity contribution >= 4 is 5.91 Å². The second-order valence-electron chi connectivity index (χ2n) is 7.74. The van der Waals surface area contributed by atoms with Gasteiger partial charge in [0.25, 0.3) is 5.91 Å². The highest BCUT2D eigenvalue weighted by molar-refractivity contribution is 5.94. The van der Waals surface area contributed by atoms with Gasteiger partial charge in [-0.05, 0) is 62.9 Å². The van der Waals surface area contributed by atoms with Gasteiger partial charge in [-0.15, -0.1) is 0 Å². The molecule has 3 aromatic rings. The van der Waals surface area contributed by atoms with Crippen LogP contribution in [0.25, 0.3) is 5.69 Å². The summed E-state index contributed by atoms with van der Waals surface area (Å²) in [5.41, 5.74) is 6.14. The van der Waals surface area contributed by atoms with E-state index in [2.05, 4.69) is 31.2 Å². The average Bonchev–Trinajstić information content (AvgIpc) is 3.36. The maximum atomic E-state index is 13.4. The lowest BCUT2D eigenvalue weighted by Crippen LogP contribution is -2.30. The molecule has 2 aromatic carbocycles. The van der Waals surface area contributed by atoms with Crippen molar-refractivity contribution in [1.29, 1.82) is 0 Å². The lowest BCUT2D eigenvalue weighted by Gasteiger charge is -2.25. The van der Waals surface area contributed by atoms with E-state index in [1.807, 2.05) is 42.9 Å². The van der Waals surface area contributed by atoms with Gasteiger partial charge in [0, 0.05) is 18.3 Å². The van der Waals surface area contributed by atoms with Crippen LogP contribution < -0.4 is 4.74 Å². The summed E-state index contributed by atoms with van der Waals surface area (Å²) in [6.45, 7) is 4.11. The van der Waals surface area contributed by atoms with Crippen LogP contribution in [0.5, 0.6) is 5.75 Å². The van der Waals surface area contributed by atoms with Crippen LogP contribution in [0.15, 0.2) is 48.5 Å². The van der Waals surface area contributed by atoms with E-state index in [9.17, 15) is 4.79 Å². The van der Waals surface area contributed by atoms with Crippen molar-refractivity contribution < 1.29 is 9.53 Å². The smallest absolute Gasteiger partial charge is 0.274 e. The lowest BCUT2D eigenvalue weighted by atomic mass is 10.1. The second kappa shape index (κ2) is 7.74. The van der Waals surface area contributed by atoms with Gasteiger partial charge in [-0.1, -0.05) is 29.8 Å². The summed E-state index contributed by atoms with van der Waals surface area (Å²) in [5.74, 6) is 0.780. The molecule has 1 aliphatic rings. The molecule has 0 N–H and O–H groups in total. The summed E-state index contributed by atoms with van der Waals surface area (Å²) in [4.78, 5) is 15.1. The van der Waals surface area contributed by atoms with Gasteiger partial charge in [0.05, 0.1) is 18.8 Å². The summed E-state index contributed by atoms with van der Waals surface area (Å²) in [5, 5.41) is 4.76. The molecular weight excluding hydrogens is 362 g/mol. The van der Waals surface area contributed by atoms with Crippen molar-refractivity contribution in [2.75, 3.05) is 14.2 Å². The van der Waals surface area contributed by atoms with Crippen LogP contribution in [-0.2, 0) is 12.8 Å². The molecule has 0 aliphatic heterocycles. The van der Waals surface area contributed by atoms with Crippen molar-refractivity contribution in [1.82, 2.24) is 14.7 Å². The number of aromatic nitrogens is 2. The molecule has 0 bridgehead atoms. The van der Waals surface area contributed by atoms with E-state index in [1.165, 1.54) is 11.3 Å². The molecule has 0 saturated heterocycles. The summed E-state index contributed by atoms with van der Waals surface area (Å²) in [7, 11) is 3.50. The van der Waals surface area contributed by atoms with Crippen molar-refractivity contribution in [2.45, 2.75) is 39.2 Å². The highest BCUT2D eigenvalue weighted by Crippen LogP contribution is 2.30. The Kier molecular flexibility index (Phi) is 5.14. The van der Waals surface area contributed by atoms with Gasteiger partial charge in [0.1, 0.15) is 5.75 Å². The van der Waals surface area contributed by atoms with Crippen LogP contribution in [0.3, 0.4) is 0 Å². The number of ether oxygens (including phenoxy) is 1. The van der Waals surface area contributed by atoms with E-state index in [0.717, 1.165) is 41.8 Å². The molecule has 1 amide bonds. The zero-order chi connectivity index (χ0) is 20.5. The third kappa shape index (κ3) is 3.53. The minimum atomic E-state index is -0.0602. The summed E-state index contributed by atoms with van der Waals surface area (Å²) < 4.78 is 7.19. The number of hydrogen-bond acceptors (Lipinski definition) is 3. The molecular formula is C24H27N3O2. The van der Waals surface area contributed by atoms with E-state index < -0.39 is 0 Å². The standard InChI is InChI=1S/C24H27N3O2/c1-16-8-12-19(13-9-16)27-22-7-5-6-21(22)23(25-27)24(28)26(3)17(2)18-10-14-20(29-4)15-11-18/h8-15,17H,5-7H2,1-4H3. The van der Waals surface area contributed by atoms with Gasteiger partial charge in [-0.25, -0.2) is 4.68 Å². The van der Waals surface area contributed by atoms with Crippen LogP contribution in [0.2, 0.25) is 0 Å². The normalized spacial score (nSPS) is 13.8. The van der Waals surface area contributed by atoms with Crippen molar-refractivity contribution in [3.05, 3.63) is 76.6 Å². The Balaban J connectivity index is 1.64. The third-order valence-electron chi connectivity index (χ3n) is 5.91. The molecule has 5 nitrogen and oxygen atoms in total. The molecule has 1 aromatic heterocycles. The first-order chi connectivity index (χ1) is 14.0. The average molecular weight is 389 g/mol. The Morgan fingerprint density at radius 2 is 1.79 bits per heavy atom. The van der Waals surface area contributed by atoms with Gasteiger partial charge >= 0.3 is 0 Å². The van der Waals surface area contributed by atoms with Crippen molar-refractivity contribution in [3.8, 4) is 11.4 Å². The molecule has 1 aliphatic carbocycles. The number of nitrogens with zero attached hydrogens (tertiary/aromatic N) is 3. The molecule has 1 atom stereocenters. The molecule has 0 fully saturated rings. The lowest BCUT2D eigenvalue weighted by molar-refractivity contribution is 0.0735. The summed E-state index contributed by atoms with van der Waals surface area (Å²) in [6, 6.07) is 16.1. The molecule has 1 unspecified atom stereocenters.